The SMILES string of the molecule is O=C(N/N=C/c1cc(-c2ccccc2)n(-c2ccc([N+](=O)[O-])cc2)c1-c1ccccc1)c1ccccc1O. The third-order valence-electron chi connectivity index (χ3n) is 5.98. The summed E-state index contributed by atoms with van der Waals surface area (Å²) in [6.45, 7) is 0. The zero-order valence-electron chi connectivity index (χ0n) is 20.1. The fourth-order valence-electron chi connectivity index (χ4n) is 4.22. The van der Waals surface area contributed by atoms with Gasteiger partial charge in [-0.15, -0.1) is 0 Å². The average Bonchev–Trinajstić information content (AvgIpc) is 3.33. The first-order valence-corrected chi connectivity index (χ1v) is 11.8. The molecular weight excluding hydrogens is 480 g/mol. The van der Waals surface area contributed by atoms with E-state index in [0.717, 1.165) is 28.2 Å². The van der Waals surface area contributed by atoms with Gasteiger partial charge in [0.05, 0.1) is 28.1 Å². The van der Waals surface area contributed by atoms with Crippen molar-refractivity contribution in [2.24, 2.45) is 5.10 Å². The van der Waals surface area contributed by atoms with E-state index < -0.39 is 10.8 Å². The second kappa shape index (κ2) is 10.6. The summed E-state index contributed by atoms with van der Waals surface area (Å²) in [5.74, 6) is -0.681. The van der Waals surface area contributed by atoms with Gasteiger partial charge in [0.1, 0.15) is 5.75 Å². The van der Waals surface area contributed by atoms with Gasteiger partial charge in [0, 0.05) is 23.4 Å². The Bertz CT molecular complexity index is 1630. The van der Waals surface area contributed by atoms with Crippen LogP contribution >= 0.6 is 0 Å². The maximum Gasteiger partial charge on any atom is 0.275 e. The third kappa shape index (κ3) is 4.91. The highest BCUT2D eigenvalue weighted by molar-refractivity contribution is 5.98. The molecule has 0 saturated heterocycles. The molecule has 0 unspecified atom stereocenters. The van der Waals surface area contributed by atoms with Gasteiger partial charge in [0.15, 0.2) is 0 Å². The van der Waals surface area contributed by atoms with Crippen LogP contribution in [0.4, 0.5) is 5.69 Å². The number of hydrogen-bond donors (Lipinski definition) is 2. The van der Waals surface area contributed by atoms with Crippen LogP contribution in [0.3, 0.4) is 0 Å². The first kappa shape index (κ1) is 24.2. The Kier molecular flexibility index (Phi) is 6.77. The molecule has 8 nitrogen and oxygen atoms in total. The van der Waals surface area contributed by atoms with E-state index in [2.05, 4.69) is 10.5 Å². The van der Waals surface area contributed by atoms with Gasteiger partial charge in [-0.3, -0.25) is 14.9 Å². The van der Waals surface area contributed by atoms with Crippen LogP contribution in [0, 0.1) is 10.1 Å². The average molecular weight is 503 g/mol. The van der Waals surface area contributed by atoms with E-state index in [9.17, 15) is 20.0 Å². The Morgan fingerprint density at radius 1 is 0.842 bits per heavy atom. The molecule has 1 heterocycles. The molecule has 186 valence electrons. The number of phenols is 1. The molecule has 1 amide bonds. The first-order chi connectivity index (χ1) is 18.5. The Hall–Kier alpha value is -5.50. The van der Waals surface area contributed by atoms with Crippen LogP contribution in [-0.2, 0) is 0 Å². The van der Waals surface area contributed by atoms with E-state index in [4.69, 9.17) is 0 Å². The predicted octanol–water partition coefficient (Wildman–Crippen LogP) is 6.19. The predicted molar refractivity (Wildman–Crippen MR) is 146 cm³/mol. The van der Waals surface area contributed by atoms with E-state index in [1.165, 1.54) is 24.3 Å². The van der Waals surface area contributed by atoms with E-state index in [0.29, 0.717) is 5.56 Å². The molecule has 4 aromatic carbocycles. The maximum absolute atomic E-state index is 12.6. The van der Waals surface area contributed by atoms with Crippen molar-refractivity contribution in [3.8, 4) is 34.0 Å². The number of nitrogens with zero attached hydrogens (tertiary/aromatic N) is 3. The Morgan fingerprint density at radius 3 is 2.08 bits per heavy atom. The molecule has 0 spiro atoms. The van der Waals surface area contributed by atoms with Gasteiger partial charge in [-0.05, 0) is 41.5 Å². The molecule has 8 heteroatoms. The normalized spacial score (nSPS) is 10.9. The van der Waals surface area contributed by atoms with Gasteiger partial charge in [-0.2, -0.15) is 5.10 Å². The zero-order chi connectivity index (χ0) is 26.5. The quantitative estimate of drug-likeness (QED) is 0.157. The molecular formula is C30H22N4O4. The molecule has 0 aliphatic heterocycles. The number of carbonyl (C=O) groups is 1. The summed E-state index contributed by atoms with van der Waals surface area (Å²) in [4.78, 5) is 23.4. The molecule has 0 atom stereocenters. The van der Waals surface area contributed by atoms with Gasteiger partial charge in [0.2, 0.25) is 0 Å². The first-order valence-electron chi connectivity index (χ1n) is 11.8. The summed E-state index contributed by atoms with van der Waals surface area (Å²) in [5.41, 5.74) is 7.48. The number of carbonyl (C=O) groups excluding carboxylic acids is 1. The standard InChI is InChI=1S/C30H22N4O4/c35-28-14-8-7-13-26(28)30(36)32-31-20-23-19-27(21-9-3-1-4-10-21)33(29(23)22-11-5-2-6-12-22)24-15-17-25(18-16-24)34(37)38/h1-20,35H,(H,32,36)/b31-20+. The minimum absolute atomic E-state index is 0.00269. The molecule has 0 bridgehead atoms. The largest absolute Gasteiger partial charge is 0.507 e. The topological polar surface area (TPSA) is 110 Å². The summed E-state index contributed by atoms with van der Waals surface area (Å²) in [6.07, 6.45) is 1.55. The lowest BCUT2D eigenvalue weighted by molar-refractivity contribution is -0.384. The van der Waals surface area contributed by atoms with Crippen LogP contribution in [0.15, 0.2) is 120 Å². The highest BCUT2D eigenvalue weighted by atomic mass is 16.6. The van der Waals surface area contributed by atoms with Gasteiger partial charge in [-0.1, -0.05) is 72.8 Å². The molecule has 5 aromatic rings. The third-order valence-corrected chi connectivity index (χ3v) is 5.98. The van der Waals surface area contributed by atoms with Crippen LogP contribution in [0.5, 0.6) is 5.75 Å². The minimum atomic E-state index is -0.543. The van der Waals surface area contributed by atoms with Crippen LogP contribution in [-0.4, -0.2) is 26.7 Å². The van der Waals surface area contributed by atoms with Crippen molar-refractivity contribution in [2.45, 2.75) is 0 Å². The van der Waals surface area contributed by atoms with E-state index in [1.54, 1.807) is 30.5 Å². The molecule has 5 rings (SSSR count). The molecule has 2 N–H and O–H groups in total. The fraction of sp³-hybridized carbons (Fsp3) is 0. The van der Waals surface area contributed by atoms with Gasteiger partial charge >= 0.3 is 0 Å². The lowest BCUT2D eigenvalue weighted by atomic mass is 10.1. The number of non-ortho nitro benzene ring substituents is 1. The van der Waals surface area contributed by atoms with E-state index in [1.807, 2.05) is 71.3 Å². The smallest absolute Gasteiger partial charge is 0.275 e. The summed E-state index contributed by atoms with van der Waals surface area (Å²) < 4.78 is 2.01. The van der Waals surface area contributed by atoms with Crippen molar-refractivity contribution in [1.29, 1.82) is 0 Å². The molecule has 0 aliphatic rings. The highest BCUT2D eigenvalue weighted by Gasteiger charge is 2.19. The number of amides is 1. The number of phenolic OH excluding ortho intramolecular Hbond substituents is 1. The van der Waals surface area contributed by atoms with Crippen LogP contribution in [0.2, 0.25) is 0 Å². The summed E-state index contributed by atoms with van der Waals surface area (Å²) >= 11 is 0. The van der Waals surface area contributed by atoms with E-state index in [-0.39, 0.29) is 17.0 Å². The highest BCUT2D eigenvalue weighted by Crippen LogP contribution is 2.35. The van der Waals surface area contributed by atoms with E-state index >= 15 is 0 Å². The summed E-state index contributed by atoms with van der Waals surface area (Å²) in [5, 5.41) is 25.4. The number of aromatic hydroxyl groups is 1. The molecule has 0 radical (unpaired) electrons. The maximum atomic E-state index is 12.6. The molecule has 0 aliphatic carbocycles. The Balaban J connectivity index is 1.65. The number of nitrogens with one attached hydrogen (secondary N) is 1. The van der Waals surface area contributed by atoms with Crippen LogP contribution in [0.25, 0.3) is 28.2 Å². The monoisotopic (exact) mass is 502 g/mol. The number of benzene rings is 4. The Morgan fingerprint density at radius 2 is 1.45 bits per heavy atom. The van der Waals surface area contributed by atoms with Gasteiger partial charge in [-0.25, -0.2) is 5.43 Å². The number of nitro groups is 1. The van der Waals surface area contributed by atoms with Crippen LogP contribution in [0.1, 0.15) is 15.9 Å². The van der Waals surface area contributed by atoms with Crippen molar-refractivity contribution in [1.82, 2.24) is 9.99 Å². The second-order valence-electron chi connectivity index (χ2n) is 8.39. The number of rotatable bonds is 7. The fourth-order valence-corrected chi connectivity index (χ4v) is 4.22. The van der Waals surface area contributed by atoms with Crippen molar-refractivity contribution < 1.29 is 14.8 Å². The number of aromatic nitrogens is 1. The van der Waals surface area contributed by atoms with Gasteiger partial charge in [0.25, 0.3) is 11.6 Å². The molecule has 0 saturated carbocycles. The van der Waals surface area contributed by atoms with Crippen LogP contribution < -0.4 is 5.43 Å². The number of nitro benzene ring substituents is 1. The van der Waals surface area contributed by atoms with Crippen molar-refractivity contribution in [2.75, 3.05) is 0 Å². The summed E-state index contributed by atoms with van der Waals surface area (Å²) in [6, 6.07) is 34.0. The zero-order valence-corrected chi connectivity index (χ0v) is 20.1. The number of para-hydroxylation sites is 1. The lowest BCUT2D eigenvalue weighted by Gasteiger charge is -2.15. The molecule has 1 aromatic heterocycles. The van der Waals surface area contributed by atoms with Gasteiger partial charge < -0.3 is 9.67 Å². The number of hydrazone groups is 1. The van der Waals surface area contributed by atoms with Crippen molar-refractivity contribution >= 4 is 17.8 Å². The molecule has 38 heavy (non-hydrogen) atoms. The Labute approximate surface area is 218 Å². The van der Waals surface area contributed by atoms with Crippen molar-refractivity contribution in [3.63, 3.8) is 0 Å². The summed E-state index contributed by atoms with van der Waals surface area (Å²) in [7, 11) is 0. The molecule has 0 fully saturated rings. The minimum Gasteiger partial charge on any atom is -0.507 e. The number of hydrogen-bond acceptors (Lipinski definition) is 5. The lowest BCUT2D eigenvalue weighted by Crippen LogP contribution is -2.17. The second-order valence-corrected chi connectivity index (χ2v) is 8.39. The van der Waals surface area contributed by atoms with Crippen molar-refractivity contribution in [3.05, 3.63) is 137 Å².